The van der Waals surface area contributed by atoms with Crippen LogP contribution in [0.1, 0.15) is 0 Å². The van der Waals surface area contributed by atoms with Gasteiger partial charge in [0.05, 0.1) is 0 Å². The minimum absolute atomic E-state index is 1.27. The van der Waals surface area contributed by atoms with Crippen LogP contribution in [0, 0.1) is 0 Å². The zero-order chi connectivity index (χ0) is 23.6. The molecule has 0 unspecified atom stereocenters. The van der Waals surface area contributed by atoms with E-state index in [0.717, 1.165) is 0 Å². The van der Waals surface area contributed by atoms with E-state index in [4.69, 9.17) is 0 Å². The van der Waals surface area contributed by atoms with Gasteiger partial charge in [0, 0.05) is 0 Å². The molecular weight excluding hydrogens is 432 g/mol. The lowest BCUT2D eigenvalue weighted by Gasteiger charge is -2.17. The predicted octanol–water partition coefficient (Wildman–Crippen LogP) is 10.2. The molecule has 0 heterocycles. The molecule has 0 bridgehead atoms. The largest absolute Gasteiger partial charge is 0.0616 e. The summed E-state index contributed by atoms with van der Waals surface area (Å²) in [7, 11) is 0. The Morgan fingerprint density at radius 1 is 0.278 bits per heavy atom. The van der Waals surface area contributed by atoms with Gasteiger partial charge in [-0.2, -0.15) is 0 Å². The van der Waals surface area contributed by atoms with Gasteiger partial charge in [-0.15, -0.1) is 0 Å². The summed E-state index contributed by atoms with van der Waals surface area (Å²) in [5.74, 6) is 0. The van der Waals surface area contributed by atoms with Gasteiger partial charge in [0.1, 0.15) is 0 Å². The summed E-state index contributed by atoms with van der Waals surface area (Å²) in [6, 6.07) is 49.2. The average molecular weight is 455 g/mol. The molecule has 36 heavy (non-hydrogen) atoms. The molecule has 0 aliphatic heterocycles. The van der Waals surface area contributed by atoms with E-state index in [1.165, 1.54) is 76.1 Å². The highest BCUT2D eigenvalue weighted by Gasteiger charge is 2.15. The Morgan fingerprint density at radius 3 is 1.14 bits per heavy atom. The van der Waals surface area contributed by atoms with E-state index < -0.39 is 0 Å². The fourth-order valence-corrected chi connectivity index (χ4v) is 6.02. The van der Waals surface area contributed by atoms with Crippen molar-refractivity contribution in [1.82, 2.24) is 0 Å². The van der Waals surface area contributed by atoms with Crippen molar-refractivity contribution in [2.24, 2.45) is 0 Å². The van der Waals surface area contributed by atoms with Gasteiger partial charge in [-0.3, -0.25) is 0 Å². The van der Waals surface area contributed by atoms with Crippen LogP contribution >= 0.6 is 0 Å². The lowest BCUT2D eigenvalue weighted by Crippen LogP contribution is -1.89. The van der Waals surface area contributed by atoms with E-state index in [0.29, 0.717) is 0 Å². The topological polar surface area (TPSA) is 0 Å². The highest BCUT2D eigenvalue weighted by molar-refractivity contribution is 6.27. The third-order valence-electron chi connectivity index (χ3n) is 7.79. The molecule has 8 aromatic rings. The third kappa shape index (κ3) is 2.82. The normalized spacial score (nSPS) is 11.9. The molecule has 0 radical (unpaired) electrons. The summed E-state index contributed by atoms with van der Waals surface area (Å²) in [5, 5.41) is 13.0. The van der Waals surface area contributed by atoms with Gasteiger partial charge in [0.15, 0.2) is 0 Å². The van der Waals surface area contributed by atoms with Crippen LogP contribution in [0.5, 0.6) is 0 Å². The number of rotatable bonds is 2. The Kier molecular flexibility index (Phi) is 4.03. The summed E-state index contributed by atoms with van der Waals surface area (Å²) in [5.41, 5.74) is 5.11. The maximum atomic E-state index is 2.32. The molecule has 0 N–H and O–H groups in total. The summed E-state index contributed by atoms with van der Waals surface area (Å²) in [6.07, 6.45) is 0. The van der Waals surface area contributed by atoms with E-state index >= 15 is 0 Å². The van der Waals surface area contributed by atoms with Crippen molar-refractivity contribution in [2.75, 3.05) is 0 Å². The first-order valence-electron chi connectivity index (χ1n) is 12.5. The number of hydrogen-bond acceptors (Lipinski definition) is 0. The van der Waals surface area contributed by atoms with Gasteiger partial charge in [-0.25, -0.2) is 0 Å². The monoisotopic (exact) mass is 454 g/mol. The molecule has 0 nitrogen and oxygen atoms in total. The van der Waals surface area contributed by atoms with E-state index in [1.54, 1.807) is 0 Å². The zero-order valence-electron chi connectivity index (χ0n) is 19.7. The predicted molar refractivity (Wildman–Crippen MR) is 156 cm³/mol. The molecule has 8 rings (SSSR count). The summed E-state index contributed by atoms with van der Waals surface area (Å²) >= 11 is 0. The van der Waals surface area contributed by atoms with Crippen LogP contribution in [0.2, 0.25) is 0 Å². The molecule has 0 saturated heterocycles. The minimum Gasteiger partial charge on any atom is -0.0616 e. The van der Waals surface area contributed by atoms with Crippen molar-refractivity contribution in [3.8, 4) is 22.3 Å². The van der Waals surface area contributed by atoms with Crippen LogP contribution in [-0.4, -0.2) is 0 Å². The summed E-state index contributed by atoms with van der Waals surface area (Å²) in [6.45, 7) is 0. The van der Waals surface area contributed by atoms with Gasteiger partial charge in [-0.05, 0) is 88.2 Å². The van der Waals surface area contributed by atoms with Gasteiger partial charge < -0.3 is 0 Å². The quantitative estimate of drug-likeness (QED) is 0.228. The number of fused-ring (bicyclic) bond motifs is 2. The maximum absolute atomic E-state index is 2.32. The van der Waals surface area contributed by atoms with Crippen molar-refractivity contribution in [1.29, 1.82) is 0 Å². The van der Waals surface area contributed by atoms with Crippen molar-refractivity contribution >= 4 is 53.9 Å². The molecule has 0 aromatic heterocycles. The van der Waals surface area contributed by atoms with Crippen molar-refractivity contribution in [2.45, 2.75) is 0 Å². The van der Waals surface area contributed by atoms with Gasteiger partial charge in [0.25, 0.3) is 0 Å². The van der Waals surface area contributed by atoms with Crippen molar-refractivity contribution < 1.29 is 0 Å². The Bertz CT molecular complexity index is 1940. The van der Waals surface area contributed by atoms with Crippen molar-refractivity contribution in [3.63, 3.8) is 0 Å². The second-order valence-corrected chi connectivity index (χ2v) is 9.77. The van der Waals surface area contributed by atoms with Crippen LogP contribution in [0.15, 0.2) is 133 Å². The second kappa shape index (κ2) is 7.41. The smallest absolute Gasteiger partial charge is 0.00203 e. The molecular formula is C36H22. The number of hydrogen-bond donors (Lipinski definition) is 0. The molecule has 0 saturated carbocycles. The Hall–Kier alpha value is -4.68. The molecule has 166 valence electrons. The maximum Gasteiger partial charge on any atom is -0.00203 e. The standard InChI is InChI=1S/C36H22/c1-3-7-27-21-29(11-9-23(27)5-1)31-17-13-25-16-20-34-32(18-14-26-15-19-33(31)35(25)36(26)34)30-12-10-24-6-2-4-8-28(24)22-30/h1-22H. The first-order valence-corrected chi connectivity index (χ1v) is 12.5. The van der Waals surface area contributed by atoms with E-state index in [-0.39, 0.29) is 0 Å². The van der Waals surface area contributed by atoms with E-state index in [2.05, 4.69) is 133 Å². The molecule has 0 spiro atoms. The minimum atomic E-state index is 1.27. The van der Waals surface area contributed by atoms with E-state index in [9.17, 15) is 0 Å². The first-order chi connectivity index (χ1) is 17.8. The summed E-state index contributed by atoms with van der Waals surface area (Å²) < 4.78 is 0. The fraction of sp³-hybridized carbons (Fsp3) is 0. The first kappa shape index (κ1) is 19.6. The Balaban J connectivity index is 1.42. The molecule has 8 aromatic carbocycles. The van der Waals surface area contributed by atoms with Crippen LogP contribution in [-0.2, 0) is 0 Å². The SMILES string of the molecule is c1ccc2cc(-c3ccc4ccc5c(-c6ccc7ccccc7c6)ccc6ccc3c4c65)ccc2c1. The molecule has 0 aliphatic carbocycles. The summed E-state index contributed by atoms with van der Waals surface area (Å²) in [4.78, 5) is 0. The average Bonchev–Trinajstić information content (AvgIpc) is 2.95. The molecule has 0 aliphatic rings. The van der Waals surface area contributed by atoms with E-state index in [1.807, 2.05) is 0 Å². The van der Waals surface area contributed by atoms with Crippen LogP contribution in [0.4, 0.5) is 0 Å². The highest BCUT2D eigenvalue weighted by Crippen LogP contribution is 2.42. The third-order valence-corrected chi connectivity index (χ3v) is 7.79. The van der Waals surface area contributed by atoms with Gasteiger partial charge >= 0.3 is 0 Å². The zero-order valence-corrected chi connectivity index (χ0v) is 19.7. The Labute approximate surface area is 209 Å². The van der Waals surface area contributed by atoms with Crippen LogP contribution in [0.25, 0.3) is 76.1 Å². The highest BCUT2D eigenvalue weighted by atomic mass is 14.2. The van der Waals surface area contributed by atoms with Crippen LogP contribution < -0.4 is 0 Å². The lowest BCUT2D eigenvalue weighted by atomic mass is 9.87. The number of benzene rings is 8. The lowest BCUT2D eigenvalue weighted by molar-refractivity contribution is 1.68. The van der Waals surface area contributed by atoms with Gasteiger partial charge in [0.2, 0.25) is 0 Å². The molecule has 0 fully saturated rings. The second-order valence-electron chi connectivity index (χ2n) is 9.77. The van der Waals surface area contributed by atoms with Crippen LogP contribution in [0.3, 0.4) is 0 Å². The molecule has 0 amide bonds. The Morgan fingerprint density at radius 2 is 0.667 bits per heavy atom. The molecule has 0 atom stereocenters. The fourth-order valence-electron chi connectivity index (χ4n) is 6.02. The molecule has 0 heteroatoms. The van der Waals surface area contributed by atoms with Crippen molar-refractivity contribution in [3.05, 3.63) is 133 Å². The van der Waals surface area contributed by atoms with Gasteiger partial charge in [-0.1, -0.05) is 121 Å².